The lowest BCUT2D eigenvalue weighted by Gasteiger charge is -2.02. The Morgan fingerprint density at radius 1 is 1.73 bits per heavy atom. The minimum Gasteiger partial charge on any atom is -0.463 e. The fourth-order valence-electron chi connectivity index (χ4n) is 0.840. The summed E-state index contributed by atoms with van der Waals surface area (Å²) in [6.45, 7) is 7.79. The number of rotatable bonds is 5. The molecule has 0 spiro atoms. The molecule has 1 rings (SSSR count). The standard InChI is InChI=1S/C10H13NO2S2/c1-4-13-9(12)7(2)5-14-10-11-8(3)6-15-10/h6H,2,4-5H2,1,3H3. The van der Waals surface area contributed by atoms with Crippen LogP contribution in [0.25, 0.3) is 0 Å². The Labute approximate surface area is 97.6 Å². The minimum absolute atomic E-state index is 0.321. The molecule has 0 fully saturated rings. The van der Waals surface area contributed by atoms with Crippen molar-refractivity contribution in [1.29, 1.82) is 0 Å². The third-order valence-electron chi connectivity index (χ3n) is 1.53. The smallest absolute Gasteiger partial charge is 0.334 e. The van der Waals surface area contributed by atoms with Crippen LogP contribution in [0.3, 0.4) is 0 Å². The zero-order chi connectivity index (χ0) is 11.3. The number of esters is 1. The Kier molecular flexibility index (Phi) is 4.84. The van der Waals surface area contributed by atoms with E-state index < -0.39 is 0 Å². The van der Waals surface area contributed by atoms with Crippen LogP contribution in [0.2, 0.25) is 0 Å². The quantitative estimate of drug-likeness (QED) is 0.453. The second-order valence-corrected chi connectivity index (χ2v) is 4.95. The van der Waals surface area contributed by atoms with E-state index in [9.17, 15) is 4.79 Å². The number of carbonyl (C=O) groups is 1. The molecule has 0 aliphatic rings. The normalized spacial score (nSPS) is 10.0. The van der Waals surface area contributed by atoms with Gasteiger partial charge in [0.05, 0.1) is 6.61 Å². The topological polar surface area (TPSA) is 39.2 Å². The molecule has 0 aromatic carbocycles. The average molecular weight is 243 g/mol. The van der Waals surface area contributed by atoms with Crippen molar-refractivity contribution in [2.75, 3.05) is 12.4 Å². The van der Waals surface area contributed by atoms with Crippen LogP contribution in [-0.4, -0.2) is 23.3 Å². The molecule has 0 aliphatic carbocycles. The molecule has 1 aromatic heterocycles. The van der Waals surface area contributed by atoms with Gasteiger partial charge in [-0.3, -0.25) is 0 Å². The fourth-order valence-corrected chi connectivity index (χ4v) is 2.58. The Bertz CT molecular complexity index is 360. The molecule has 0 saturated carbocycles. The molecule has 82 valence electrons. The highest BCUT2D eigenvalue weighted by Crippen LogP contribution is 2.24. The van der Waals surface area contributed by atoms with Gasteiger partial charge in [0.15, 0.2) is 0 Å². The van der Waals surface area contributed by atoms with E-state index in [0.29, 0.717) is 17.9 Å². The number of carbonyl (C=O) groups excluding carboxylic acids is 1. The summed E-state index contributed by atoms with van der Waals surface area (Å²) in [4.78, 5) is 15.5. The van der Waals surface area contributed by atoms with Gasteiger partial charge in [-0.1, -0.05) is 18.3 Å². The monoisotopic (exact) mass is 243 g/mol. The summed E-state index contributed by atoms with van der Waals surface area (Å²) in [5.41, 5.74) is 1.49. The zero-order valence-electron chi connectivity index (χ0n) is 8.78. The number of aryl methyl sites for hydroxylation is 1. The van der Waals surface area contributed by atoms with Crippen molar-refractivity contribution >= 4 is 29.1 Å². The van der Waals surface area contributed by atoms with E-state index in [1.807, 2.05) is 12.3 Å². The Hall–Kier alpha value is -0.810. The lowest BCUT2D eigenvalue weighted by molar-refractivity contribution is -0.138. The predicted molar refractivity (Wildman–Crippen MR) is 63.3 cm³/mol. The number of ether oxygens (including phenoxy) is 1. The van der Waals surface area contributed by atoms with Crippen LogP contribution < -0.4 is 0 Å². The predicted octanol–water partition coefficient (Wildman–Crippen LogP) is 2.66. The van der Waals surface area contributed by atoms with E-state index in [0.717, 1.165) is 10.0 Å². The summed E-state index contributed by atoms with van der Waals surface area (Å²) in [6.07, 6.45) is 0. The maximum absolute atomic E-state index is 11.2. The zero-order valence-corrected chi connectivity index (χ0v) is 10.4. The number of thioether (sulfide) groups is 1. The summed E-state index contributed by atoms with van der Waals surface area (Å²) >= 11 is 3.09. The maximum atomic E-state index is 11.2. The van der Waals surface area contributed by atoms with Crippen LogP contribution in [-0.2, 0) is 9.53 Å². The number of nitrogens with zero attached hydrogens (tertiary/aromatic N) is 1. The Morgan fingerprint density at radius 3 is 3.00 bits per heavy atom. The van der Waals surface area contributed by atoms with Crippen molar-refractivity contribution in [2.45, 2.75) is 18.2 Å². The van der Waals surface area contributed by atoms with Crippen molar-refractivity contribution in [2.24, 2.45) is 0 Å². The molecule has 0 radical (unpaired) electrons. The van der Waals surface area contributed by atoms with Gasteiger partial charge in [0, 0.05) is 22.4 Å². The fraction of sp³-hybridized carbons (Fsp3) is 0.400. The molecular weight excluding hydrogens is 230 g/mol. The summed E-state index contributed by atoms with van der Waals surface area (Å²) in [5.74, 6) is 0.212. The van der Waals surface area contributed by atoms with E-state index in [1.165, 1.54) is 11.8 Å². The Balaban J connectivity index is 2.37. The number of aromatic nitrogens is 1. The molecule has 15 heavy (non-hydrogen) atoms. The molecular formula is C10H13NO2S2. The van der Waals surface area contributed by atoms with Crippen molar-refractivity contribution < 1.29 is 9.53 Å². The first-order chi connectivity index (χ1) is 7.13. The largest absolute Gasteiger partial charge is 0.463 e. The SMILES string of the molecule is C=C(CSc1nc(C)cs1)C(=O)OCC. The lowest BCUT2D eigenvalue weighted by Crippen LogP contribution is -2.08. The first kappa shape index (κ1) is 12.3. The highest BCUT2D eigenvalue weighted by atomic mass is 32.2. The molecule has 1 aromatic rings. The van der Waals surface area contributed by atoms with E-state index in [1.54, 1.807) is 18.3 Å². The highest BCUT2D eigenvalue weighted by molar-refractivity contribution is 8.01. The summed E-state index contributed by atoms with van der Waals surface area (Å²) in [6, 6.07) is 0. The molecule has 0 bridgehead atoms. The van der Waals surface area contributed by atoms with Gasteiger partial charge in [0.1, 0.15) is 4.34 Å². The molecule has 3 nitrogen and oxygen atoms in total. The summed E-state index contributed by atoms with van der Waals surface area (Å²) in [7, 11) is 0. The molecule has 0 amide bonds. The summed E-state index contributed by atoms with van der Waals surface area (Å²) in [5, 5.41) is 1.98. The van der Waals surface area contributed by atoms with Crippen LogP contribution >= 0.6 is 23.1 Å². The molecule has 1 heterocycles. The van der Waals surface area contributed by atoms with Gasteiger partial charge in [0.25, 0.3) is 0 Å². The van der Waals surface area contributed by atoms with Crippen LogP contribution in [0.5, 0.6) is 0 Å². The second kappa shape index (κ2) is 5.92. The molecule has 0 N–H and O–H groups in total. The van der Waals surface area contributed by atoms with Gasteiger partial charge in [-0.2, -0.15) is 0 Å². The third-order valence-corrected chi connectivity index (χ3v) is 3.76. The van der Waals surface area contributed by atoms with Crippen LogP contribution in [0.15, 0.2) is 21.9 Å². The van der Waals surface area contributed by atoms with Crippen LogP contribution in [0.1, 0.15) is 12.6 Å². The van der Waals surface area contributed by atoms with Gasteiger partial charge in [-0.05, 0) is 13.8 Å². The number of thiazole rings is 1. The van der Waals surface area contributed by atoms with E-state index in [4.69, 9.17) is 4.74 Å². The van der Waals surface area contributed by atoms with Gasteiger partial charge in [0.2, 0.25) is 0 Å². The van der Waals surface area contributed by atoms with Gasteiger partial charge in [-0.25, -0.2) is 9.78 Å². The van der Waals surface area contributed by atoms with Crippen LogP contribution in [0, 0.1) is 6.92 Å². The van der Waals surface area contributed by atoms with Crippen molar-refractivity contribution in [3.63, 3.8) is 0 Å². The maximum Gasteiger partial charge on any atom is 0.334 e. The van der Waals surface area contributed by atoms with E-state index in [-0.39, 0.29) is 5.97 Å². The van der Waals surface area contributed by atoms with Crippen molar-refractivity contribution in [1.82, 2.24) is 4.98 Å². The van der Waals surface area contributed by atoms with Crippen molar-refractivity contribution in [3.8, 4) is 0 Å². The second-order valence-electron chi connectivity index (χ2n) is 2.87. The lowest BCUT2D eigenvalue weighted by atomic mass is 10.4. The van der Waals surface area contributed by atoms with Gasteiger partial charge in [-0.15, -0.1) is 11.3 Å². The summed E-state index contributed by atoms with van der Waals surface area (Å²) < 4.78 is 5.78. The van der Waals surface area contributed by atoms with E-state index in [2.05, 4.69) is 11.6 Å². The first-order valence-electron chi connectivity index (χ1n) is 4.53. The first-order valence-corrected chi connectivity index (χ1v) is 6.39. The molecule has 0 aliphatic heterocycles. The Morgan fingerprint density at radius 2 is 2.47 bits per heavy atom. The average Bonchev–Trinajstić information content (AvgIpc) is 2.61. The van der Waals surface area contributed by atoms with E-state index >= 15 is 0 Å². The van der Waals surface area contributed by atoms with Gasteiger partial charge >= 0.3 is 5.97 Å². The molecule has 0 atom stereocenters. The molecule has 5 heteroatoms. The highest BCUT2D eigenvalue weighted by Gasteiger charge is 2.09. The van der Waals surface area contributed by atoms with Gasteiger partial charge < -0.3 is 4.74 Å². The third kappa shape index (κ3) is 4.05. The molecule has 0 unspecified atom stereocenters. The van der Waals surface area contributed by atoms with Crippen LogP contribution in [0.4, 0.5) is 0 Å². The van der Waals surface area contributed by atoms with Crippen molar-refractivity contribution in [3.05, 3.63) is 23.2 Å². The molecule has 0 saturated heterocycles. The minimum atomic E-state index is -0.321. The number of hydrogen-bond donors (Lipinski definition) is 0. The number of hydrogen-bond acceptors (Lipinski definition) is 5.